The summed E-state index contributed by atoms with van der Waals surface area (Å²) in [7, 11) is 76.8. The highest BCUT2D eigenvalue weighted by molar-refractivity contribution is 6.93. The molecule has 0 aliphatic carbocycles. The minimum Gasteiger partial charge on any atom is -0.438 e. The predicted molar refractivity (Wildman–Crippen MR) is 248 cm³/mol. The molecule has 0 aromatic rings. The molecule has 4 nitrogen and oxygen atoms in total. The molecule has 0 heterocycles. The van der Waals surface area contributed by atoms with E-state index >= 15 is 0 Å². The van der Waals surface area contributed by atoms with Gasteiger partial charge in [0.15, 0.2) is 14.6 Å². The van der Waals surface area contributed by atoms with Gasteiger partial charge in [-0.3, -0.25) is 0 Å². The minimum absolute atomic E-state index is 0. The molecular formula is C17H36B25N3O. The molecule has 0 saturated heterocycles. The third-order valence-electron chi connectivity index (χ3n) is 1.93. The van der Waals surface area contributed by atoms with E-state index in [4.69, 9.17) is 46.4 Å². The summed E-state index contributed by atoms with van der Waals surface area (Å²) >= 11 is 0. The molecule has 0 fully saturated rings. The first kappa shape index (κ1) is 80.5. The van der Waals surface area contributed by atoms with Crippen LogP contribution in [0.1, 0.15) is 27.7 Å². The second-order valence-electron chi connectivity index (χ2n) is 4.52. The van der Waals surface area contributed by atoms with Crippen LogP contribution in [0.3, 0.4) is 0 Å². The maximum Gasteiger partial charge on any atom is 0.320 e. The van der Waals surface area contributed by atoms with E-state index in [1.165, 1.54) is 49.5 Å². The topological polar surface area (TPSA) is 46.3 Å². The molecule has 0 rings (SSSR count). The number of hydrogen-bond donors (Lipinski definition) is 0. The van der Waals surface area contributed by atoms with E-state index in [1.807, 2.05) is 76.0 Å². The molecule has 29 heteroatoms. The highest BCUT2D eigenvalue weighted by Gasteiger charge is 1.73. The van der Waals surface area contributed by atoms with Crippen LogP contribution in [0.4, 0.5) is 0 Å². The third-order valence-corrected chi connectivity index (χ3v) is 1.93. The standard InChI is InChI=1S/C3H5B3O.C3H5B3.2C2H4B3N.C2H3B3.2C2H6.CH2B3N.3B2.BH/c1-7-6-3-2-5-4;1-5-2-3-6-4;2*1-4-2-6-5-3;3-1-2-5-4;2*1-2;2-1-5-4-3;3*1-2;/h2-3H,1H3;2-3H,1H3;2*2H,1H3;1-3H;2*1-2H3;1-2H;;;;1H/b2*3-2-;;;2-1-;;;;;;;. The Balaban J connectivity index is -0.0000000285. The van der Waals surface area contributed by atoms with E-state index in [2.05, 4.69) is 81.5 Å². The largest absolute Gasteiger partial charge is 0.438 e. The van der Waals surface area contributed by atoms with Crippen LogP contribution in [0, 0.1) is 0 Å². The first-order valence-electron chi connectivity index (χ1n) is 13.1. The predicted octanol–water partition coefficient (Wildman–Crippen LogP) is -4.67. The molecule has 0 amide bonds. The van der Waals surface area contributed by atoms with Gasteiger partial charge in [0.2, 0.25) is 21.9 Å². The smallest absolute Gasteiger partial charge is 0.320 e. The molecule has 0 spiro atoms. The molecule has 0 aromatic carbocycles. The lowest BCUT2D eigenvalue weighted by atomic mass is 9.54. The zero-order valence-electron chi connectivity index (χ0n) is 29.8. The van der Waals surface area contributed by atoms with Gasteiger partial charge in [0, 0.05) is 108 Å². The Labute approximate surface area is 317 Å². The van der Waals surface area contributed by atoms with Crippen LogP contribution < -0.4 is 0 Å². The van der Waals surface area contributed by atoms with E-state index in [-0.39, 0.29) is 8.41 Å². The van der Waals surface area contributed by atoms with Crippen LogP contribution in [-0.4, -0.2) is 215 Å². The molecule has 0 atom stereocenters. The van der Waals surface area contributed by atoms with E-state index in [9.17, 15) is 0 Å². The zero-order chi connectivity index (χ0) is 38.3. The molecular weight excluding hydrogens is 533 g/mol. The Morgan fingerprint density at radius 3 is 0.957 bits per heavy atom. The molecule has 46 heavy (non-hydrogen) atoms. The first-order chi connectivity index (χ1) is 22.0. The Morgan fingerprint density at radius 2 is 0.848 bits per heavy atom. The van der Waals surface area contributed by atoms with Crippen molar-refractivity contribution < 1.29 is 4.65 Å². The van der Waals surface area contributed by atoms with Crippen molar-refractivity contribution in [2.75, 3.05) is 7.11 Å². The fourth-order valence-electron chi connectivity index (χ4n) is 0.774. The van der Waals surface area contributed by atoms with Gasteiger partial charge in [0.1, 0.15) is 23.0 Å². The second kappa shape index (κ2) is 165. The number of hydrogen-bond acceptors (Lipinski definition) is 4. The summed E-state index contributed by atoms with van der Waals surface area (Å²) in [5.41, 5.74) is 0. The van der Waals surface area contributed by atoms with Crippen molar-refractivity contribution in [3.05, 3.63) is 35.9 Å². The summed E-state index contributed by atoms with van der Waals surface area (Å²) < 4.78 is 4.56. The summed E-state index contributed by atoms with van der Waals surface area (Å²) in [5, 5.41) is 0. The fraction of sp³-hybridized carbons (Fsp3) is 0.471. The molecule has 200 valence electrons. The van der Waals surface area contributed by atoms with Crippen LogP contribution in [0.5, 0.6) is 0 Å². The van der Waals surface area contributed by atoms with Crippen molar-refractivity contribution in [2.24, 2.45) is 14.7 Å². The van der Waals surface area contributed by atoms with Crippen molar-refractivity contribution in [1.82, 2.24) is 0 Å². The monoisotopic (exact) mass is 574 g/mol. The number of nitrogens with zero attached hydrogens (tertiary/aromatic N) is 3. The lowest BCUT2D eigenvalue weighted by Gasteiger charge is -1.80. The third kappa shape index (κ3) is 284. The highest BCUT2D eigenvalue weighted by Crippen LogP contribution is 1.64. The summed E-state index contributed by atoms with van der Waals surface area (Å²) in [4.78, 5) is 10.5. The quantitative estimate of drug-likeness (QED) is 0.183. The average molecular weight is 569 g/mol. The lowest BCUT2D eigenvalue weighted by molar-refractivity contribution is 0.449. The van der Waals surface area contributed by atoms with Crippen LogP contribution in [0.15, 0.2) is 50.6 Å². The summed E-state index contributed by atoms with van der Waals surface area (Å²) in [6, 6.07) is 0. The Hall–Kier alpha value is -0.187. The fourth-order valence-corrected chi connectivity index (χ4v) is 0.774. The Bertz CT molecular complexity index is 416. The van der Waals surface area contributed by atoms with Crippen LogP contribution in [-0.2, 0) is 4.65 Å². The van der Waals surface area contributed by atoms with E-state index in [1.54, 1.807) is 56.7 Å². The van der Waals surface area contributed by atoms with Crippen molar-refractivity contribution in [3.63, 3.8) is 0 Å². The summed E-state index contributed by atoms with van der Waals surface area (Å²) in [6.07, 6.45) is 4.62. The maximum absolute atomic E-state index is 4.98. The number of rotatable bonds is 11. The molecule has 0 aliphatic heterocycles. The van der Waals surface area contributed by atoms with Gasteiger partial charge in [-0.25, -0.2) is 0 Å². The average Bonchev–Trinajstić information content (AvgIpc) is 3.12. The Morgan fingerprint density at radius 1 is 0.522 bits per heavy atom. The van der Waals surface area contributed by atoms with Gasteiger partial charge < -0.3 is 19.4 Å². The van der Waals surface area contributed by atoms with E-state index in [0.717, 1.165) is 0 Å². The van der Waals surface area contributed by atoms with Gasteiger partial charge >= 0.3 is 7.48 Å². The first-order valence-corrected chi connectivity index (χ1v) is 13.1. The van der Waals surface area contributed by atoms with Gasteiger partial charge in [0.05, 0.1) is 21.5 Å². The van der Waals surface area contributed by atoms with Crippen LogP contribution in [0.25, 0.3) is 0 Å². The lowest BCUT2D eigenvalue weighted by Crippen LogP contribution is -1.89. The molecule has 38 radical (unpaired) electrons. The molecule has 0 aliphatic rings. The maximum atomic E-state index is 4.98. The summed E-state index contributed by atoms with van der Waals surface area (Å²) in [6.45, 7) is 13.7. The molecule has 0 unspecified atom stereocenters. The van der Waals surface area contributed by atoms with E-state index in [0.29, 0.717) is 0 Å². The molecule has 0 aromatic heterocycles. The van der Waals surface area contributed by atoms with Crippen molar-refractivity contribution in [3.8, 4) is 0 Å². The molecule has 0 N–H and O–H groups in total. The minimum atomic E-state index is 0. The summed E-state index contributed by atoms with van der Waals surface area (Å²) in [5.74, 6) is 10.3. The Kier molecular flexibility index (Phi) is 289. The zero-order valence-corrected chi connectivity index (χ0v) is 29.8. The van der Waals surface area contributed by atoms with Gasteiger partial charge in [-0.15, -0.1) is 35.9 Å². The van der Waals surface area contributed by atoms with Crippen molar-refractivity contribution in [1.29, 1.82) is 0 Å². The van der Waals surface area contributed by atoms with Crippen LogP contribution in [0.2, 0.25) is 20.5 Å². The van der Waals surface area contributed by atoms with Gasteiger partial charge in [-0.1, -0.05) is 66.5 Å². The van der Waals surface area contributed by atoms with Crippen molar-refractivity contribution >= 4 is 208 Å². The van der Waals surface area contributed by atoms with Crippen molar-refractivity contribution in [2.45, 2.75) is 48.2 Å². The van der Waals surface area contributed by atoms with Gasteiger partial charge in [0.25, 0.3) is 0 Å². The SMILES string of the molecule is CC.CC.[BH].[B][B].[B][B].[B][B].[B][B]/C=C\[BH].[B][B]/C=C\[B]C.[B][B]/C=C\[B]OC.[B][B]N=C[BH].[B][B]N=C[B]C.[B][B]N=C[B]C. The second-order valence-corrected chi connectivity index (χ2v) is 4.52. The molecule has 0 bridgehead atoms. The van der Waals surface area contributed by atoms with Crippen LogP contribution >= 0.6 is 0 Å². The molecule has 0 saturated carbocycles. The van der Waals surface area contributed by atoms with E-state index < -0.39 is 0 Å². The van der Waals surface area contributed by atoms with Gasteiger partial charge in [-0.2, -0.15) is 0 Å². The normalized spacial score (nSPS) is 7.30. The highest BCUT2D eigenvalue weighted by atomic mass is 16.4. The van der Waals surface area contributed by atoms with Gasteiger partial charge in [-0.05, 0) is 0 Å².